The van der Waals surface area contributed by atoms with Crippen LogP contribution in [0.1, 0.15) is 33.6 Å². The fraction of sp³-hybridized carbons (Fsp3) is 0.857. The summed E-state index contributed by atoms with van der Waals surface area (Å²) in [5.74, 6) is 0.0684. The molecular weight excluding hydrogens is 228 g/mol. The van der Waals surface area contributed by atoms with Crippen LogP contribution in [0.4, 0.5) is 0 Å². The Balaban J connectivity index is 1.72. The summed E-state index contributed by atoms with van der Waals surface area (Å²) in [4.78, 5) is 26.1. The summed E-state index contributed by atoms with van der Waals surface area (Å²) >= 11 is 0. The number of hydrogen-bond acceptors (Lipinski definition) is 3. The van der Waals surface area contributed by atoms with Crippen molar-refractivity contribution < 1.29 is 9.59 Å². The molecule has 0 spiro atoms. The summed E-state index contributed by atoms with van der Waals surface area (Å²) < 4.78 is 0. The van der Waals surface area contributed by atoms with E-state index < -0.39 is 0 Å². The number of likely N-dealkylation sites (tertiary alicyclic amines) is 1. The van der Waals surface area contributed by atoms with Crippen molar-refractivity contribution in [3.63, 3.8) is 0 Å². The molecule has 3 atom stereocenters. The quantitative estimate of drug-likeness (QED) is 0.744. The maximum atomic E-state index is 12.3. The molecule has 100 valence electrons. The second-order valence-corrected chi connectivity index (χ2v) is 7.13. The molecule has 3 aliphatic rings. The van der Waals surface area contributed by atoms with Crippen molar-refractivity contribution in [2.24, 2.45) is 22.7 Å². The third kappa shape index (κ3) is 1.54. The molecule has 0 aromatic heterocycles. The molecule has 18 heavy (non-hydrogen) atoms. The molecular formula is C14H22N2O2. The van der Waals surface area contributed by atoms with Crippen molar-refractivity contribution in [3.05, 3.63) is 0 Å². The van der Waals surface area contributed by atoms with Gasteiger partial charge in [-0.05, 0) is 30.2 Å². The lowest BCUT2D eigenvalue weighted by atomic mass is 9.82. The fourth-order valence-electron chi connectivity index (χ4n) is 3.80. The van der Waals surface area contributed by atoms with Crippen molar-refractivity contribution in [3.8, 4) is 0 Å². The predicted octanol–water partition coefficient (Wildman–Crippen LogP) is 1.02. The van der Waals surface area contributed by atoms with Crippen LogP contribution in [-0.2, 0) is 9.59 Å². The number of fused-ring (bicyclic) bond motifs is 1. The number of nitrogens with zero attached hydrogens (tertiary/aromatic N) is 1. The standard InChI is InChI=1S/C14H22N2O2/c1-13(2)9-10(13)12(18)16(11(9)17)8-14(3)5-4-6-15-7-14/h9-10,15H,4-8H2,1-3H3. The highest BCUT2D eigenvalue weighted by Crippen LogP contribution is 2.63. The van der Waals surface area contributed by atoms with E-state index in [1.54, 1.807) is 0 Å². The minimum atomic E-state index is -0.0869. The Morgan fingerprint density at radius 3 is 2.33 bits per heavy atom. The number of carbonyl (C=O) groups excluding carboxylic acids is 2. The number of carbonyl (C=O) groups is 2. The number of piperidine rings is 2. The first kappa shape index (κ1) is 12.2. The predicted molar refractivity (Wildman–Crippen MR) is 67.7 cm³/mol. The largest absolute Gasteiger partial charge is 0.316 e. The van der Waals surface area contributed by atoms with E-state index in [1.165, 1.54) is 4.90 Å². The van der Waals surface area contributed by atoms with Gasteiger partial charge in [0.1, 0.15) is 0 Å². The molecule has 0 bridgehead atoms. The van der Waals surface area contributed by atoms with Gasteiger partial charge in [0.05, 0.1) is 11.8 Å². The van der Waals surface area contributed by atoms with Gasteiger partial charge in [0, 0.05) is 13.1 Å². The van der Waals surface area contributed by atoms with Crippen LogP contribution >= 0.6 is 0 Å². The van der Waals surface area contributed by atoms with Crippen LogP contribution in [0.15, 0.2) is 0 Å². The summed E-state index contributed by atoms with van der Waals surface area (Å²) in [6.07, 6.45) is 2.22. The maximum absolute atomic E-state index is 12.3. The Morgan fingerprint density at radius 1 is 1.22 bits per heavy atom. The number of rotatable bonds is 2. The molecule has 2 amide bonds. The third-order valence-electron chi connectivity index (χ3n) is 5.12. The van der Waals surface area contributed by atoms with Crippen LogP contribution in [0.25, 0.3) is 0 Å². The lowest BCUT2D eigenvalue weighted by Crippen LogP contribution is -2.49. The van der Waals surface area contributed by atoms with Crippen LogP contribution in [0.3, 0.4) is 0 Å². The van der Waals surface area contributed by atoms with Crippen LogP contribution in [-0.4, -0.2) is 36.3 Å². The topological polar surface area (TPSA) is 49.4 Å². The van der Waals surface area contributed by atoms with Gasteiger partial charge in [-0.25, -0.2) is 0 Å². The van der Waals surface area contributed by atoms with Crippen LogP contribution < -0.4 is 5.32 Å². The second-order valence-electron chi connectivity index (χ2n) is 7.13. The molecule has 2 heterocycles. The summed E-state index contributed by atoms with van der Waals surface area (Å²) in [7, 11) is 0. The summed E-state index contributed by atoms with van der Waals surface area (Å²) in [5, 5.41) is 3.37. The zero-order valence-electron chi connectivity index (χ0n) is 11.5. The third-order valence-corrected chi connectivity index (χ3v) is 5.12. The smallest absolute Gasteiger partial charge is 0.233 e. The van der Waals surface area contributed by atoms with Crippen molar-refractivity contribution in [2.45, 2.75) is 33.6 Å². The summed E-state index contributed by atoms with van der Waals surface area (Å²) in [5.41, 5.74) is -0.0269. The molecule has 2 saturated heterocycles. The molecule has 4 nitrogen and oxygen atoms in total. The second kappa shape index (κ2) is 3.56. The number of imide groups is 1. The van der Waals surface area contributed by atoms with E-state index in [2.05, 4.69) is 12.2 Å². The van der Waals surface area contributed by atoms with E-state index in [-0.39, 0.29) is 34.5 Å². The van der Waals surface area contributed by atoms with E-state index in [4.69, 9.17) is 0 Å². The Labute approximate surface area is 108 Å². The zero-order chi connectivity index (χ0) is 13.1. The molecule has 4 heteroatoms. The molecule has 0 aromatic rings. The molecule has 0 aromatic carbocycles. The highest BCUT2D eigenvalue weighted by Gasteiger charge is 2.72. The molecule has 3 fully saturated rings. The van der Waals surface area contributed by atoms with Crippen molar-refractivity contribution in [1.29, 1.82) is 0 Å². The lowest BCUT2D eigenvalue weighted by molar-refractivity contribution is -0.145. The van der Waals surface area contributed by atoms with Gasteiger partial charge in [-0.15, -0.1) is 0 Å². The first-order chi connectivity index (χ1) is 8.37. The van der Waals surface area contributed by atoms with Gasteiger partial charge in [0.15, 0.2) is 0 Å². The first-order valence-corrected chi connectivity index (χ1v) is 6.93. The van der Waals surface area contributed by atoms with Gasteiger partial charge in [-0.3, -0.25) is 14.5 Å². The molecule has 1 saturated carbocycles. The Kier molecular flexibility index (Phi) is 2.40. The lowest BCUT2D eigenvalue weighted by Gasteiger charge is -2.37. The van der Waals surface area contributed by atoms with Crippen LogP contribution in [0.5, 0.6) is 0 Å². The van der Waals surface area contributed by atoms with E-state index in [0.29, 0.717) is 6.54 Å². The number of amides is 2. The van der Waals surface area contributed by atoms with E-state index in [9.17, 15) is 9.59 Å². The van der Waals surface area contributed by atoms with Gasteiger partial charge in [-0.2, -0.15) is 0 Å². The average molecular weight is 250 g/mol. The Hall–Kier alpha value is -0.900. The summed E-state index contributed by atoms with van der Waals surface area (Å²) in [6.45, 7) is 8.78. The van der Waals surface area contributed by atoms with Crippen molar-refractivity contribution in [1.82, 2.24) is 10.2 Å². The van der Waals surface area contributed by atoms with Gasteiger partial charge >= 0.3 is 0 Å². The monoisotopic (exact) mass is 250 g/mol. The van der Waals surface area contributed by atoms with Gasteiger partial charge in [0.25, 0.3) is 0 Å². The fourth-order valence-corrected chi connectivity index (χ4v) is 3.80. The van der Waals surface area contributed by atoms with E-state index >= 15 is 0 Å². The van der Waals surface area contributed by atoms with Crippen molar-refractivity contribution in [2.75, 3.05) is 19.6 Å². The Bertz CT molecular complexity index is 386. The molecule has 0 radical (unpaired) electrons. The number of hydrogen-bond donors (Lipinski definition) is 1. The Morgan fingerprint density at radius 2 is 1.83 bits per heavy atom. The SMILES string of the molecule is CC1(CN2C(=O)C3C(C2=O)C3(C)C)CCCNC1. The molecule has 1 aliphatic carbocycles. The average Bonchev–Trinajstić information content (AvgIpc) is 2.78. The molecule has 2 aliphatic heterocycles. The normalized spacial score (nSPS) is 42.1. The minimum Gasteiger partial charge on any atom is -0.316 e. The first-order valence-electron chi connectivity index (χ1n) is 6.93. The minimum absolute atomic E-state index is 0.0369. The number of nitrogens with one attached hydrogen (secondary N) is 1. The highest BCUT2D eigenvalue weighted by atomic mass is 16.2. The molecule has 3 rings (SSSR count). The van der Waals surface area contributed by atoms with Gasteiger partial charge in [0.2, 0.25) is 11.8 Å². The molecule has 3 unspecified atom stereocenters. The van der Waals surface area contributed by atoms with Crippen molar-refractivity contribution >= 4 is 11.8 Å². The highest BCUT2D eigenvalue weighted by molar-refractivity contribution is 6.10. The maximum Gasteiger partial charge on any atom is 0.233 e. The summed E-state index contributed by atoms with van der Waals surface area (Å²) in [6, 6.07) is 0. The van der Waals surface area contributed by atoms with Gasteiger partial charge < -0.3 is 5.32 Å². The zero-order valence-corrected chi connectivity index (χ0v) is 11.5. The van der Waals surface area contributed by atoms with Crippen LogP contribution in [0, 0.1) is 22.7 Å². The van der Waals surface area contributed by atoms with Gasteiger partial charge in [-0.1, -0.05) is 20.8 Å². The van der Waals surface area contributed by atoms with E-state index in [0.717, 1.165) is 25.9 Å². The molecule has 1 N–H and O–H groups in total. The van der Waals surface area contributed by atoms with Crippen LogP contribution in [0.2, 0.25) is 0 Å². The van der Waals surface area contributed by atoms with E-state index in [1.807, 2.05) is 13.8 Å².